The van der Waals surface area contributed by atoms with E-state index < -0.39 is 6.09 Å². The summed E-state index contributed by atoms with van der Waals surface area (Å²) < 4.78 is 5.60. The van der Waals surface area contributed by atoms with Crippen molar-refractivity contribution in [1.82, 2.24) is 10.3 Å². The van der Waals surface area contributed by atoms with Crippen molar-refractivity contribution in [3.8, 4) is 5.88 Å². The van der Waals surface area contributed by atoms with E-state index >= 15 is 0 Å². The van der Waals surface area contributed by atoms with Gasteiger partial charge in [0.1, 0.15) is 0 Å². The number of nitrogens with zero attached hydrogens (tertiary/aromatic N) is 1. The van der Waals surface area contributed by atoms with Crippen LogP contribution in [0.5, 0.6) is 5.88 Å². The summed E-state index contributed by atoms with van der Waals surface area (Å²) in [5.41, 5.74) is 3.76. The van der Waals surface area contributed by atoms with Gasteiger partial charge >= 0.3 is 6.09 Å². The lowest BCUT2D eigenvalue weighted by molar-refractivity contribution is 0.103. The Kier molecular flexibility index (Phi) is 5.82. The summed E-state index contributed by atoms with van der Waals surface area (Å²) in [6.45, 7) is 7.96. The molecule has 2 aromatic carbocycles. The molecule has 1 atom stereocenters. The summed E-state index contributed by atoms with van der Waals surface area (Å²) in [4.78, 5) is 28.6. The molecule has 3 rings (SSSR count). The molecule has 150 valence electrons. The van der Waals surface area contributed by atoms with E-state index in [-0.39, 0.29) is 11.8 Å². The van der Waals surface area contributed by atoms with Crippen molar-refractivity contribution in [1.29, 1.82) is 0 Å². The molecule has 0 aliphatic carbocycles. The van der Waals surface area contributed by atoms with Crippen LogP contribution in [0.25, 0.3) is 10.8 Å². The third-order valence-corrected chi connectivity index (χ3v) is 5.18. The maximum absolute atomic E-state index is 13.4. The minimum atomic E-state index is -1.08. The Morgan fingerprint density at radius 2 is 1.83 bits per heavy atom. The van der Waals surface area contributed by atoms with Gasteiger partial charge in [-0.25, -0.2) is 9.78 Å². The van der Waals surface area contributed by atoms with Crippen molar-refractivity contribution in [2.75, 3.05) is 6.61 Å². The average molecular weight is 392 g/mol. The molecule has 0 fully saturated rings. The topological polar surface area (TPSA) is 88.5 Å². The Bertz CT molecular complexity index is 1090. The second-order valence-electron chi connectivity index (χ2n) is 6.90. The number of hydrogen-bond donors (Lipinski definition) is 2. The van der Waals surface area contributed by atoms with E-state index in [0.717, 1.165) is 27.5 Å². The molecule has 1 unspecified atom stereocenters. The molecule has 0 bridgehead atoms. The third kappa shape index (κ3) is 3.92. The molecule has 1 amide bonds. The third-order valence-electron chi connectivity index (χ3n) is 5.18. The molecular weight excluding hydrogens is 368 g/mol. The predicted molar refractivity (Wildman–Crippen MR) is 112 cm³/mol. The van der Waals surface area contributed by atoms with Crippen LogP contribution in [0, 0.1) is 13.8 Å². The number of carboxylic acid groups (broad SMARTS) is 1. The van der Waals surface area contributed by atoms with Gasteiger partial charge in [0.2, 0.25) is 5.88 Å². The molecule has 0 aliphatic heterocycles. The maximum atomic E-state index is 13.4. The highest BCUT2D eigenvalue weighted by molar-refractivity contribution is 6.17. The predicted octanol–water partition coefficient (Wildman–Crippen LogP) is 4.81. The Labute approximate surface area is 169 Å². The average Bonchev–Trinajstić information content (AvgIpc) is 2.69. The number of fused-ring (bicyclic) bond motifs is 1. The maximum Gasteiger partial charge on any atom is 0.405 e. The molecule has 3 aromatic rings. The molecule has 29 heavy (non-hydrogen) atoms. The molecule has 6 heteroatoms. The molecular formula is C23H24N2O4. The Balaban J connectivity index is 2.07. The van der Waals surface area contributed by atoms with Gasteiger partial charge in [-0.1, -0.05) is 24.3 Å². The summed E-state index contributed by atoms with van der Waals surface area (Å²) in [6.07, 6.45) is 0.564. The molecule has 1 heterocycles. The summed E-state index contributed by atoms with van der Waals surface area (Å²) >= 11 is 0. The van der Waals surface area contributed by atoms with Crippen molar-refractivity contribution >= 4 is 22.6 Å². The van der Waals surface area contributed by atoms with Gasteiger partial charge in [0.05, 0.1) is 12.6 Å². The first-order chi connectivity index (χ1) is 13.8. The first-order valence-corrected chi connectivity index (χ1v) is 9.49. The van der Waals surface area contributed by atoms with Crippen molar-refractivity contribution in [3.05, 3.63) is 70.4 Å². The highest BCUT2D eigenvalue weighted by Crippen LogP contribution is 2.30. The van der Waals surface area contributed by atoms with Crippen LogP contribution >= 0.6 is 0 Å². The van der Waals surface area contributed by atoms with E-state index in [1.807, 2.05) is 45.0 Å². The monoisotopic (exact) mass is 392 g/mol. The fraction of sp³-hybridized carbons (Fsp3) is 0.261. The standard InChI is InChI=1S/C23H24N2O4/c1-5-29-22-20-8-6-7-19(18(20)11-12-24-22)21(26)17-10-9-16(13(2)14(17)3)15(4)25-23(27)28/h6-12,15,25H,5H2,1-4H3,(H,27,28). The van der Waals surface area contributed by atoms with Crippen molar-refractivity contribution in [2.24, 2.45) is 0 Å². The van der Waals surface area contributed by atoms with Gasteiger partial charge in [-0.15, -0.1) is 0 Å². The van der Waals surface area contributed by atoms with E-state index in [1.165, 1.54) is 0 Å². The largest absolute Gasteiger partial charge is 0.478 e. The number of hydrogen-bond acceptors (Lipinski definition) is 4. The summed E-state index contributed by atoms with van der Waals surface area (Å²) in [6, 6.07) is 10.6. The fourth-order valence-corrected chi connectivity index (χ4v) is 3.59. The van der Waals surface area contributed by atoms with Crippen molar-refractivity contribution in [3.63, 3.8) is 0 Å². The van der Waals surface area contributed by atoms with E-state index in [1.54, 1.807) is 25.3 Å². The summed E-state index contributed by atoms with van der Waals surface area (Å²) in [5, 5.41) is 13.0. The first kappa shape index (κ1) is 20.3. The van der Waals surface area contributed by atoms with Crippen LogP contribution in [-0.4, -0.2) is 28.6 Å². The van der Waals surface area contributed by atoms with Gasteiger partial charge in [-0.2, -0.15) is 0 Å². The number of amides is 1. The zero-order valence-electron chi connectivity index (χ0n) is 16.9. The lowest BCUT2D eigenvalue weighted by Crippen LogP contribution is -2.25. The van der Waals surface area contributed by atoms with Crippen LogP contribution < -0.4 is 10.1 Å². The fourth-order valence-electron chi connectivity index (χ4n) is 3.59. The summed E-state index contributed by atoms with van der Waals surface area (Å²) in [7, 11) is 0. The van der Waals surface area contributed by atoms with Gasteiger partial charge in [-0.3, -0.25) is 4.79 Å². The minimum absolute atomic E-state index is 0.0877. The number of pyridine rings is 1. The number of benzene rings is 2. The van der Waals surface area contributed by atoms with Gasteiger partial charge < -0.3 is 15.2 Å². The molecule has 0 saturated carbocycles. The van der Waals surface area contributed by atoms with Crippen LogP contribution in [0.3, 0.4) is 0 Å². The van der Waals surface area contributed by atoms with Crippen molar-refractivity contribution in [2.45, 2.75) is 33.7 Å². The van der Waals surface area contributed by atoms with Crippen LogP contribution in [-0.2, 0) is 0 Å². The molecule has 0 radical (unpaired) electrons. The van der Waals surface area contributed by atoms with Crippen LogP contribution in [0.4, 0.5) is 4.79 Å². The molecule has 0 saturated heterocycles. The number of aromatic nitrogens is 1. The Hall–Kier alpha value is -3.41. The van der Waals surface area contributed by atoms with E-state index in [9.17, 15) is 9.59 Å². The second kappa shape index (κ2) is 8.31. The van der Waals surface area contributed by atoms with E-state index in [0.29, 0.717) is 23.6 Å². The number of ether oxygens (including phenoxy) is 1. The minimum Gasteiger partial charge on any atom is -0.478 e. The molecule has 2 N–H and O–H groups in total. The van der Waals surface area contributed by atoms with Gasteiger partial charge in [0, 0.05) is 22.7 Å². The SMILES string of the molecule is CCOc1nccc2c(C(=O)c3ccc(C(C)NC(=O)O)c(C)c3C)cccc12. The van der Waals surface area contributed by atoms with E-state index in [4.69, 9.17) is 9.84 Å². The van der Waals surface area contributed by atoms with Gasteiger partial charge in [0.25, 0.3) is 0 Å². The lowest BCUT2D eigenvalue weighted by Gasteiger charge is -2.18. The molecule has 0 aliphatic rings. The number of nitrogens with one attached hydrogen (secondary N) is 1. The van der Waals surface area contributed by atoms with Gasteiger partial charge in [-0.05, 0) is 61.9 Å². The smallest absolute Gasteiger partial charge is 0.405 e. The number of carbonyl (C=O) groups excluding carboxylic acids is 1. The zero-order valence-corrected chi connectivity index (χ0v) is 16.9. The zero-order chi connectivity index (χ0) is 21.1. The van der Waals surface area contributed by atoms with Crippen LogP contribution in [0.2, 0.25) is 0 Å². The van der Waals surface area contributed by atoms with Crippen molar-refractivity contribution < 1.29 is 19.4 Å². The second-order valence-corrected chi connectivity index (χ2v) is 6.90. The van der Waals surface area contributed by atoms with E-state index in [2.05, 4.69) is 10.3 Å². The summed E-state index contributed by atoms with van der Waals surface area (Å²) in [5.74, 6) is 0.423. The highest BCUT2D eigenvalue weighted by Gasteiger charge is 2.20. The van der Waals surface area contributed by atoms with Crippen LogP contribution in [0.1, 0.15) is 52.5 Å². The quantitative estimate of drug-likeness (QED) is 0.588. The Morgan fingerprint density at radius 3 is 2.52 bits per heavy atom. The molecule has 0 spiro atoms. The Morgan fingerprint density at radius 1 is 1.07 bits per heavy atom. The number of ketones is 1. The molecule has 6 nitrogen and oxygen atoms in total. The lowest BCUT2D eigenvalue weighted by atomic mass is 9.89. The number of carbonyl (C=O) groups is 2. The normalized spacial score (nSPS) is 11.9. The van der Waals surface area contributed by atoms with Gasteiger partial charge in [0.15, 0.2) is 5.78 Å². The first-order valence-electron chi connectivity index (χ1n) is 9.49. The van der Waals surface area contributed by atoms with Crippen LogP contribution in [0.15, 0.2) is 42.6 Å². The molecule has 1 aromatic heterocycles. The number of rotatable bonds is 6. The highest BCUT2D eigenvalue weighted by atomic mass is 16.5.